The molecule has 0 radical (unpaired) electrons. The van der Waals surface area contributed by atoms with E-state index in [0.29, 0.717) is 31.7 Å². The summed E-state index contributed by atoms with van der Waals surface area (Å²) in [4.78, 5) is 26.8. The van der Waals surface area contributed by atoms with E-state index in [1.54, 1.807) is 0 Å². The summed E-state index contributed by atoms with van der Waals surface area (Å²) in [6, 6.07) is 15.1. The number of hydrogen-bond donors (Lipinski definition) is 1. The molecule has 1 aliphatic heterocycles. The summed E-state index contributed by atoms with van der Waals surface area (Å²) in [5.41, 5.74) is 1.66. The van der Waals surface area contributed by atoms with E-state index in [2.05, 4.69) is 21.2 Å². The number of nitrogens with one attached hydrogen (secondary N) is 1. The quantitative estimate of drug-likeness (QED) is 0.736. The molecule has 0 aliphatic carbocycles. The molecule has 2 aromatic carbocycles. The molecule has 6 heteroatoms. The van der Waals surface area contributed by atoms with E-state index in [4.69, 9.17) is 4.74 Å². The van der Waals surface area contributed by atoms with Crippen LogP contribution in [0.4, 0.5) is 0 Å². The number of hydrogen-bond acceptors (Lipinski definition) is 3. The first kappa shape index (κ1) is 20.4. The van der Waals surface area contributed by atoms with Crippen LogP contribution < -0.4 is 10.1 Å². The van der Waals surface area contributed by atoms with Gasteiger partial charge in [-0.15, -0.1) is 0 Å². The van der Waals surface area contributed by atoms with Crippen LogP contribution >= 0.6 is 15.9 Å². The van der Waals surface area contributed by atoms with E-state index in [-0.39, 0.29) is 17.9 Å². The third-order valence-electron chi connectivity index (χ3n) is 4.84. The van der Waals surface area contributed by atoms with E-state index < -0.39 is 0 Å². The molecule has 148 valence electrons. The van der Waals surface area contributed by atoms with Gasteiger partial charge in [0.15, 0.2) is 0 Å². The van der Waals surface area contributed by atoms with Gasteiger partial charge in [-0.3, -0.25) is 9.59 Å². The van der Waals surface area contributed by atoms with Crippen molar-refractivity contribution in [3.05, 3.63) is 64.1 Å². The fourth-order valence-corrected chi connectivity index (χ4v) is 3.60. The maximum absolute atomic E-state index is 12.6. The molecule has 3 rings (SSSR count). The van der Waals surface area contributed by atoms with Crippen molar-refractivity contribution >= 4 is 27.7 Å². The van der Waals surface area contributed by atoms with Crippen LogP contribution in [0, 0.1) is 0 Å². The third kappa shape index (κ3) is 5.58. The zero-order valence-electron chi connectivity index (χ0n) is 16.0. The molecule has 5 nitrogen and oxygen atoms in total. The Kier molecular flexibility index (Phi) is 7.09. The third-order valence-corrected chi connectivity index (χ3v) is 5.37. The lowest BCUT2D eigenvalue weighted by Gasteiger charge is -2.32. The second-order valence-electron chi connectivity index (χ2n) is 6.89. The Labute approximate surface area is 174 Å². The number of carbonyl (C=O) groups excluding carboxylic acids is 2. The van der Waals surface area contributed by atoms with Crippen molar-refractivity contribution < 1.29 is 14.3 Å². The lowest BCUT2D eigenvalue weighted by molar-refractivity contribution is -0.121. The van der Waals surface area contributed by atoms with Crippen LogP contribution in [0.5, 0.6) is 5.75 Å². The van der Waals surface area contributed by atoms with Gasteiger partial charge in [0.2, 0.25) is 5.91 Å². The van der Waals surface area contributed by atoms with Gasteiger partial charge in [-0.2, -0.15) is 0 Å². The molecule has 1 fully saturated rings. The Balaban J connectivity index is 1.45. The van der Waals surface area contributed by atoms with Crippen molar-refractivity contribution in [2.45, 2.75) is 32.2 Å². The van der Waals surface area contributed by atoms with Gasteiger partial charge in [0.25, 0.3) is 5.91 Å². The predicted molar refractivity (Wildman–Crippen MR) is 113 cm³/mol. The first-order chi connectivity index (χ1) is 13.5. The Morgan fingerprint density at radius 1 is 1.07 bits per heavy atom. The number of benzene rings is 2. The van der Waals surface area contributed by atoms with E-state index >= 15 is 0 Å². The number of halogens is 1. The summed E-state index contributed by atoms with van der Waals surface area (Å²) in [5, 5.41) is 3.10. The van der Waals surface area contributed by atoms with Crippen LogP contribution in [0.25, 0.3) is 0 Å². The Morgan fingerprint density at radius 3 is 2.32 bits per heavy atom. The molecular formula is C22H25BrN2O3. The van der Waals surface area contributed by atoms with Crippen LogP contribution in [0.3, 0.4) is 0 Å². The summed E-state index contributed by atoms with van der Waals surface area (Å²) >= 11 is 3.38. The minimum Gasteiger partial charge on any atom is -0.494 e. The Morgan fingerprint density at radius 2 is 1.71 bits per heavy atom. The fourth-order valence-electron chi connectivity index (χ4n) is 3.34. The van der Waals surface area contributed by atoms with Gasteiger partial charge in [0, 0.05) is 29.2 Å². The van der Waals surface area contributed by atoms with Crippen molar-refractivity contribution in [2.24, 2.45) is 0 Å². The predicted octanol–water partition coefficient (Wildman–Crippen LogP) is 3.81. The summed E-state index contributed by atoms with van der Waals surface area (Å²) in [6.07, 6.45) is 1.90. The van der Waals surface area contributed by atoms with Crippen molar-refractivity contribution in [1.29, 1.82) is 0 Å². The molecule has 1 saturated heterocycles. The van der Waals surface area contributed by atoms with E-state index in [1.165, 1.54) is 0 Å². The molecule has 2 aromatic rings. The topological polar surface area (TPSA) is 58.6 Å². The van der Waals surface area contributed by atoms with Crippen LogP contribution in [-0.2, 0) is 11.2 Å². The standard InChI is InChI=1S/C22H25BrN2O3/c1-2-28-20-9-3-16(4-10-20)15-21(26)24-19-11-13-25(14-12-19)22(27)17-5-7-18(23)8-6-17/h3-10,19H,2,11-15H2,1H3,(H,24,26). The molecule has 1 heterocycles. The summed E-state index contributed by atoms with van der Waals surface area (Å²) in [7, 11) is 0. The Hall–Kier alpha value is -2.34. The van der Waals surface area contributed by atoms with Crippen molar-refractivity contribution in [1.82, 2.24) is 10.2 Å². The molecule has 0 unspecified atom stereocenters. The molecule has 1 N–H and O–H groups in total. The molecule has 2 amide bonds. The molecule has 0 bridgehead atoms. The second kappa shape index (κ2) is 9.73. The van der Waals surface area contributed by atoms with Crippen LogP contribution in [0.1, 0.15) is 35.7 Å². The smallest absolute Gasteiger partial charge is 0.253 e. The molecule has 0 aromatic heterocycles. The molecule has 0 atom stereocenters. The highest BCUT2D eigenvalue weighted by molar-refractivity contribution is 9.10. The molecule has 0 spiro atoms. The summed E-state index contributed by atoms with van der Waals surface area (Å²) in [6.45, 7) is 3.88. The zero-order valence-corrected chi connectivity index (χ0v) is 17.6. The minimum absolute atomic E-state index is 0.0156. The number of amides is 2. The SMILES string of the molecule is CCOc1ccc(CC(=O)NC2CCN(C(=O)c3ccc(Br)cc3)CC2)cc1. The first-order valence-corrected chi connectivity index (χ1v) is 10.4. The highest BCUT2D eigenvalue weighted by atomic mass is 79.9. The number of ether oxygens (including phenoxy) is 1. The number of rotatable bonds is 6. The fraction of sp³-hybridized carbons (Fsp3) is 0.364. The summed E-state index contributed by atoms with van der Waals surface area (Å²) < 4.78 is 6.38. The van der Waals surface area contributed by atoms with Crippen molar-refractivity contribution in [2.75, 3.05) is 19.7 Å². The van der Waals surface area contributed by atoms with Gasteiger partial charge in [-0.05, 0) is 61.7 Å². The van der Waals surface area contributed by atoms with Crippen LogP contribution in [0.2, 0.25) is 0 Å². The molecule has 28 heavy (non-hydrogen) atoms. The van der Waals surface area contributed by atoms with Gasteiger partial charge >= 0.3 is 0 Å². The van der Waals surface area contributed by atoms with Gasteiger partial charge in [0.1, 0.15) is 5.75 Å². The number of nitrogens with zero attached hydrogens (tertiary/aromatic N) is 1. The zero-order chi connectivity index (χ0) is 19.9. The van der Waals surface area contributed by atoms with Gasteiger partial charge in [0.05, 0.1) is 13.0 Å². The molecule has 1 aliphatic rings. The largest absolute Gasteiger partial charge is 0.494 e. The Bertz CT molecular complexity index is 798. The lowest BCUT2D eigenvalue weighted by Crippen LogP contribution is -2.46. The van der Waals surface area contributed by atoms with E-state index in [1.807, 2.05) is 60.4 Å². The van der Waals surface area contributed by atoms with Crippen molar-refractivity contribution in [3.8, 4) is 5.75 Å². The molecule has 0 saturated carbocycles. The maximum atomic E-state index is 12.6. The maximum Gasteiger partial charge on any atom is 0.253 e. The average molecular weight is 445 g/mol. The highest BCUT2D eigenvalue weighted by Crippen LogP contribution is 2.17. The van der Waals surface area contributed by atoms with E-state index in [9.17, 15) is 9.59 Å². The average Bonchev–Trinajstić information content (AvgIpc) is 2.70. The van der Waals surface area contributed by atoms with Gasteiger partial charge in [-0.1, -0.05) is 28.1 Å². The first-order valence-electron chi connectivity index (χ1n) is 9.61. The number of likely N-dealkylation sites (tertiary alicyclic amines) is 1. The number of piperidine rings is 1. The van der Waals surface area contributed by atoms with Crippen LogP contribution in [0.15, 0.2) is 53.0 Å². The van der Waals surface area contributed by atoms with Crippen LogP contribution in [-0.4, -0.2) is 42.5 Å². The monoisotopic (exact) mass is 444 g/mol. The highest BCUT2D eigenvalue weighted by Gasteiger charge is 2.24. The second-order valence-corrected chi connectivity index (χ2v) is 7.81. The van der Waals surface area contributed by atoms with Gasteiger partial charge < -0.3 is 15.0 Å². The minimum atomic E-state index is 0.0156. The normalized spacial score (nSPS) is 14.6. The lowest BCUT2D eigenvalue weighted by atomic mass is 10.0. The van der Waals surface area contributed by atoms with Gasteiger partial charge in [-0.25, -0.2) is 0 Å². The number of carbonyl (C=O) groups is 2. The van der Waals surface area contributed by atoms with Crippen molar-refractivity contribution in [3.63, 3.8) is 0 Å². The summed E-state index contributed by atoms with van der Waals surface area (Å²) in [5.74, 6) is 0.878. The molecular weight excluding hydrogens is 420 g/mol. The van der Waals surface area contributed by atoms with E-state index in [0.717, 1.165) is 28.6 Å².